The highest BCUT2D eigenvalue weighted by Gasteiger charge is 2.50. The predicted octanol–water partition coefficient (Wildman–Crippen LogP) is 1.30. The van der Waals surface area contributed by atoms with Gasteiger partial charge in [0.1, 0.15) is 6.04 Å². The van der Waals surface area contributed by atoms with Gasteiger partial charge < -0.3 is 29.3 Å². The summed E-state index contributed by atoms with van der Waals surface area (Å²) in [5, 5.41) is 3.62. The smallest absolute Gasteiger partial charge is 0.421 e. The van der Waals surface area contributed by atoms with E-state index in [9.17, 15) is 32.4 Å². The van der Waals surface area contributed by atoms with Gasteiger partial charge in [0.05, 0.1) is 30.1 Å². The summed E-state index contributed by atoms with van der Waals surface area (Å²) < 4.78 is 49.7. The molecule has 3 saturated heterocycles. The number of carbonyl (C=O) groups is 5. The van der Waals surface area contributed by atoms with Crippen LogP contribution in [0.25, 0.3) is 0 Å². The number of nitrogens with one attached hydrogen (secondary N) is 1. The Labute approximate surface area is 251 Å². The average molecular weight is 635 g/mol. The maximum atomic E-state index is 13.1. The fourth-order valence-electron chi connectivity index (χ4n) is 4.67. The monoisotopic (exact) mass is 634 g/mol. The topological polar surface area (TPSA) is 187 Å². The Morgan fingerprint density at radius 3 is 2.19 bits per heavy atom. The van der Waals surface area contributed by atoms with E-state index in [0.717, 1.165) is 0 Å². The summed E-state index contributed by atoms with van der Waals surface area (Å²) in [5.41, 5.74) is -2.00. The third-order valence-corrected chi connectivity index (χ3v) is 8.02. The van der Waals surface area contributed by atoms with Gasteiger partial charge in [0, 0.05) is 25.7 Å². The molecule has 1 unspecified atom stereocenters. The molecule has 244 valence electrons. The van der Waals surface area contributed by atoms with Crippen molar-refractivity contribution in [1.82, 2.24) is 20.2 Å². The van der Waals surface area contributed by atoms with Crippen molar-refractivity contribution in [2.24, 2.45) is 10.8 Å². The van der Waals surface area contributed by atoms with Gasteiger partial charge in [-0.3, -0.25) is 14.4 Å². The summed E-state index contributed by atoms with van der Waals surface area (Å²) in [6, 6.07) is -2.48. The summed E-state index contributed by atoms with van der Waals surface area (Å²) in [4.78, 5) is 65.0. The van der Waals surface area contributed by atoms with E-state index in [-0.39, 0.29) is 31.5 Å². The van der Waals surface area contributed by atoms with Crippen molar-refractivity contribution >= 4 is 40.4 Å². The number of carbonyl (C=O) groups excluding carboxylic acids is 5. The number of amides is 4. The van der Waals surface area contributed by atoms with Crippen molar-refractivity contribution in [3.05, 3.63) is 0 Å². The second kappa shape index (κ2) is 13.6. The number of likely N-dealkylation sites (tertiary alicyclic amines) is 1. The molecule has 3 aliphatic rings. The standard InChI is InChI=1S/C26H42N4O12S/c1-7-38-22(33)26(5,6)15-41-43(36,37)42-30-18-8-9-19(29(14-18)23(30)34)20(31)27-17-10-12-28(13-11-17)24(35)40-16-39-21(32)25(2,3)4/h17-19H,7-16H2,1-6H3,(H,27,31)/t18?,19-/m0/s1. The van der Waals surface area contributed by atoms with Crippen LogP contribution in [0, 0.1) is 10.8 Å². The van der Waals surface area contributed by atoms with Gasteiger partial charge in [0.25, 0.3) is 0 Å². The van der Waals surface area contributed by atoms with Gasteiger partial charge in [-0.25, -0.2) is 13.8 Å². The minimum absolute atomic E-state index is 0.0881. The molecule has 0 spiro atoms. The maximum Gasteiger partial charge on any atom is 0.421 e. The number of nitrogens with zero attached hydrogens (tertiary/aromatic N) is 3. The summed E-state index contributed by atoms with van der Waals surface area (Å²) in [6.45, 7) is 9.34. The zero-order chi connectivity index (χ0) is 32.2. The third-order valence-electron chi connectivity index (χ3n) is 7.27. The first kappa shape index (κ1) is 34.3. The highest BCUT2D eigenvalue weighted by atomic mass is 32.3. The number of ether oxygens (including phenoxy) is 3. The summed E-state index contributed by atoms with van der Waals surface area (Å²) in [6.07, 6.45) is 0.861. The fraction of sp³-hybridized carbons (Fsp3) is 0.808. The van der Waals surface area contributed by atoms with Crippen LogP contribution in [-0.2, 0) is 47.5 Å². The van der Waals surface area contributed by atoms with Crippen molar-refractivity contribution in [2.45, 2.75) is 85.4 Å². The van der Waals surface area contributed by atoms with Crippen LogP contribution in [-0.4, -0.2) is 111 Å². The lowest BCUT2D eigenvalue weighted by molar-refractivity contribution is -0.162. The summed E-state index contributed by atoms with van der Waals surface area (Å²) >= 11 is 0. The van der Waals surface area contributed by atoms with Crippen molar-refractivity contribution in [3.63, 3.8) is 0 Å². The van der Waals surface area contributed by atoms with Crippen molar-refractivity contribution < 1.29 is 55.1 Å². The SMILES string of the molecule is CCOC(=O)C(C)(C)COS(=O)(=O)ON1C(=O)N2CC1CC[C@H]2C(=O)NC1CCN(C(=O)OCOC(=O)C(C)(C)C)CC1. The van der Waals surface area contributed by atoms with E-state index in [0.29, 0.717) is 37.4 Å². The molecule has 17 heteroatoms. The molecule has 3 heterocycles. The molecule has 3 fully saturated rings. The zero-order valence-electron chi connectivity index (χ0n) is 25.5. The predicted molar refractivity (Wildman–Crippen MR) is 147 cm³/mol. The van der Waals surface area contributed by atoms with Gasteiger partial charge in [-0.05, 0) is 67.2 Å². The van der Waals surface area contributed by atoms with Gasteiger partial charge in [-0.1, -0.05) is 0 Å². The van der Waals surface area contributed by atoms with Crippen LogP contribution in [0.3, 0.4) is 0 Å². The molecule has 0 saturated carbocycles. The Balaban J connectivity index is 1.46. The minimum Gasteiger partial charge on any atom is -0.466 e. The van der Waals surface area contributed by atoms with E-state index in [1.54, 1.807) is 27.7 Å². The number of hydroxylamine groups is 2. The lowest BCUT2D eigenvalue weighted by atomic mass is 9.95. The van der Waals surface area contributed by atoms with Crippen LogP contribution in [0.15, 0.2) is 0 Å². The van der Waals surface area contributed by atoms with Crippen molar-refractivity contribution in [1.29, 1.82) is 0 Å². The van der Waals surface area contributed by atoms with Gasteiger partial charge >= 0.3 is 34.5 Å². The summed E-state index contributed by atoms with van der Waals surface area (Å²) in [7, 11) is -4.70. The number of hydrogen-bond donors (Lipinski definition) is 1. The largest absolute Gasteiger partial charge is 0.466 e. The maximum absolute atomic E-state index is 13.1. The molecule has 3 aliphatic heterocycles. The molecule has 0 aromatic rings. The van der Waals surface area contributed by atoms with E-state index >= 15 is 0 Å². The lowest BCUT2D eigenvalue weighted by Gasteiger charge is -2.34. The van der Waals surface area contributed by atoms with Crippen LogP contribution in [0.4, 0.5) is 9.59 Å². The lowest BCUT2D eigenvalue weighted by Crippen LogP contribution is -2.54. The van der Waals surface area contributed by atoms with E-state index in [2.05, 4.69) is 5.32 Å². The third kappa shape index (κ3) is 8.92. The number of fused-ring (bicyclic) bond motifs is 2. The quantitative estimate of drug-likeness (QED) is 0.254. The average Bonchev–Trinajstić information content (AvgIpc) is 3.15. The van der Waals surface area contributed by atoms with Gasteiger partial charge in [-0.2, -0.15) is 13.5 Å². The molecule has 0 aliphatic carbocycles. The summed E-state index contributed by atoms with van der Waals surface area (Å²) in [5.74, 6) is -1.53. The van der Waals surface area contributed by atoms with Crippen molar-refractivity contribution in [3.8, 4) is 0 Å². The highest BCUT2D eigenvalue weighted by Crippen LogP contribution is 2.32. The Hall–Kier alpha value is -3.18. The molecular weight excluding hydrogens is 592 g/mol. The first-order chi connectivity index (χ1) is 19.9. The van der Waals surface area contributed by atoms with Gasteiger partial charge in [0.15, 0.2) is 0 Å². The van der Waals surface area contributed by atoms with Gasteiger partial charge in [-0.15, -0.1) is 4.28 Å². The highest BCUT2D eigenvalue weighted by molar-refractivity contribution is 7.81. The molecule has 3 rings (SSSR count). The molecular formula is C26H42N4O12S. The number of esters is 2. The molecule has 0 aromatic heterocycles. The molecule has 16 nitrogen and oxygen atoms in total. The van der Waals surface area contributed by atoms with Crippen LogP contribution < -0.4 is 5.32 Å². The van der Waals surface area contributed by atoms with E-state index in [1.807, 2.05) is 0 Å². The van der Waals surface area contributed by atoms with Gasteiger partial charge in [0.2, 0.25) is 12.7 Å². The van der Waals surface area contributed by atoms with Crippen LogP contribution in [0.1, 0.15) is 67.2 Å². The van der Waals surface area contributed by atoms with E-state index < -0.39 is 70.8 Å². The normalized spacial score (nSPS) is 21.4. The fourth-order valence-corrected chi connectivity index (χ4v) is 5.54. The number of rotatable bonds is 11. The van der Waals surface area contributed by atoms with Crippen LogP contribution in [0.5, 0.6) is 0 Å². The number of hydrogen-bond acceptors (Lipinski definition) is 12. The Morgan fingerprint density at radius 1 is 0.930 bits per heavy atom. The second-order valence-corrected chi connectivity index (χ2v) is 13.5. The first-order valence-electron chi connectivity index (χ1n) is 14.2. The second-order valence-electron chi connectivity index (χ2n) is 12.3. The Kier molecular flexibility index (Phi) is 10.9. The van der Waals surface area contributed by atoms with E-state index in [4.69, 9.17) is 22.7 Å². The van der Waals surface area contributed by atoms with E-state index in [1.165, 1.54) is 23.6 Å². The molecule has 0 aromatic carbocycles. The molecule has 0 radical (unpaired) electrons. The van der Waals surface area contributed by atoms with Crippen molar-refractivity contribution in [2.75, 3.05) is 39.6 Å². The number of piperidine rings is 2. The molecule has 2 bridgehead atoms. The van der Waals surface area contributed by atoms with Crippen LogP contribution >= 0.6 is 0 Å². The minimum atomic E-state index is -4.70. The Bertz CT molecular complexity index is 1180. The molecule has 43 heavy (non-hydrogen) atoms. The zero-order valence-corrected chi connectivity index (χ0v) is 26.3. The Morgan fingerprint density at radius 2 is 1.58 bits per heavy atom. The number of urea groups is 1. The molecule has 4 amide bonds. The van der Waals surface area contributed by atoms with Crippen LogP contribution in [0.2, 0.25) is 0 Å². The molecule has 1 N–H and O–H groups in total. The first-order valence-corrected chi connectivity index (χ1v) is 15.5. The molecule has 2 atom stereocenters.